The third-order valence-electron chi connectivity index (χ3n) is 3.63. The second-order valence-corrected chi connectivity index (χ2v) is 5.10. The number of hydrogen-bond donors (Lipinski definition) is 1. The van der Waals surface area contributed by atoms with Gasteiger partial charge in [0.15, 0.2) is 4.77 Å². The largest absolute Gasteiger partial charge is 0.331 e. The van der Waals surface area contributed by atoms with E-state index in [9.17, 15) is 0 Å². The van der Waals surface area contributed by atoms with Crippen molar-refractivity contribution in [3.63, 3.8) is 0 Å². The minimum atomic E-state index is 0.613. The first kappa shape index (κ1) is 10.1. The van der Waals surface area contributed by atoms with Crippen molar-refractivity contribution in [2.45, 2.75) is 38.6 Å². The Hall–Kier alpha value is -1.09. The fraction of sp³-hybridized carbons (Fsp3) is 0.462. The molecular formula is C13H16N2S. The van der Waals surface area contributed by atoms with Gasteiger partial charge in [0, 0.05) is 6.04 Å². The molecule has 3 heteroatoms. The molecule has 0 aliphatic heterocycles. The molecule has 0 atom stereocenters. The van der Waals surface area contributed by atoms with E-state index in [4.69, 9.17) is 12.2 Å². The van der Waals surface area contributed by atoms with E-state index < -0.39 is 0 Å². The van der Waals surface area contributed by atoms with Crippen molar-refractivity contribution < 1.29 is 0 Å². The summed E-state index contributed by atoms with van der Waals surface area (Å²) in [5.74, 6) is 0. The first-order valence-electron chi connectivity index (χ1n) is 5.97. The van der Waals surface area contributed by atoms with Crippen molar-refractivity contribution in [2.24, 2.45) is 0 Å². The van der Waals surface area contributed by atoms with Gasteiger partial charge < -0.3 is 9.55 Å². The van der Waals surface area contributed by atoms with Crippen LogP contribution in [0, 0.1) is 11.7 Å². The Morgan fingerprint density at radius 1 is 1.31 bits per heavy atom. The second kappa shape index (κ2) is 3.74. The molecule has 16 heavy (non-hydrogen) atoms. The van der Waals surface area contributed by atoms with Crippen LogP contribution in [0.4, 0.5) is 0 Å². The van der Waals surface area contributed by atoms with Gasteiger partial charge in [-0.25, -0.2) is 0 Å². The molecule has 0 bridgehead atoms. The van der Waals surface area contributed by atoms with Crippen LogP contribution in [0.2, 0.25) is 0 Å². The van der Waals surface area contributed by atoms with E-state index in [0.717, 1.165) is 4.77 Å². The lowest BCUT2D eigenvalue weighted by Gasteiger charge is -2.13. The van der Waals surface area contributed by atoms with E-state index >= 15 is 0 Å². The Labute approximate surface area is 100 Å². The quantitative estimate of drug-likeness (QED) is 0.733. The Balaban J connectivity index is 2.29. The van der Waals surface area contributed by atoms with Crippen molar-refractivity contribution in [1.29, 1.82) is 0 Å². The SMILES string of the molecule is Cc1cccc2[nH]c(=S)n(C3CCCC3)c12. The molecule has 1 heterocycles. The average Bonchev–Trinajstić information content (AvgIpc) is 2.84. The number of hydrogen-bond acceptors (Lipinski definition) is 1. The number of aromatic amines is 1. The molecule has 0 spiro atoms. The van der Waals surface area contributed by atoms with Crippen molar-refractivity contribution in [3.8, 4) is 0 Å². The fourth-order valence-corrected chi connectivity index (χ4v) is 3.22. The number of rotatable bonds is 1. The van der Waals surface area contributed by atoms with Crippen LogP contribution in [0.15, 0.2) is 18.2 Å². The van der Waals surface area contributed by atoms with Crippen LogP contribution in [-0.4, -0.2) is 9.55 Å². The molecule has 84 valence electrons. The topological polar surface area (TPSA) is 20.7 Å². The van der Waals surface area contributed by atoms with Gasteiger partial charge in [-0.1, -0.05) is 25.0 Å². The van der Waals surface area contributed by atoms with E-state index in [1.807, 2.05) is 0 Å². The number of nitrogens with zero attached hydrogens (tertiary/aromatic N) is 1. The lowest BCUT2D eigenvalue weighted by molar-refractivity contribution is 0.526. The molecule has 3 rings (SSSR count). The first-order chi connectivity index (χ1) is 7.77. The Morgan fingerprint density at radius 3 is 2.81 bits per heavy atom. The zero-order chi connectivity index (χ0) is 11.1. The molecular weight excluding hydrogens is 216 g/mol. The standard InChI is InChI=1S/C13H16N2S/c1-9-5-4-8-11-12(9)15(13(16)14-11)10-6-2-3-7-10/h4-5,8,10H,2-3,6-7H2,1H3,(H,14,16). The number of aromatic nitrogens is 2. The van der Waals surface area contributed by atoms with E-state index in [2.05, 4.69) is 34.7 Å². The van der Waals surface area contributed by atoms with Gasteiger partial charge >= 0.3 is 0 Å². The van der Waals surface area contributed by atoms with Gasteiger partial charge in [-0.05, 0) is 43.6 Å². The lowest BCUT2D eigenvalue weighted by Crippen LogP contribution is -2.05. The summed E-state index contributed by atoms with van der Waals surface area (Å²) in [5.41, 5.74) is 3.80. The molecule has 2 aromatic rings. The summed E-state index contributed by atoms with van der Waals surface area (Å²) in [7, 11) is 0. The maximum atomic E-state index is 5.46. The number of nitrogens with one attached hydrogen (secondary N) is 1. The Morgan fingerprint density at radius 2 is 2.06 bits per heavy atom. The van der Waals surface area contributed by atoms with E-state index in [-0.39, 0.29) is 0 Å². The van der Waals surface area contributed by atoms with Gasteiger partial charge in [-0.2, -0.15) is 0 Å². The summed E-state index contributed by atoms with van der Waals surface area (Å²) in [4.78, 5) is 3.32. The lowest BCUT2D eigenvalue weighted by atomic mass is 10.2. The predicted octanol–water partition coefficient (Wildman–Crippen LogP) is 4.12. The van der Waals surface area contributed by atoms with Crippen molar-refractivity contribution in [3.05, 3.63) is 28.5 Å². The highest BCUT2D eigenvalue weighted by molar-refractivity contribution is 7.71. The number of benzene rings is 1. The molecule has 0 amide bonds. The maximum Gasteiger partial charge on any atom is 0.178 e. The van der Waals surface area contributed by atoms with Crippen LogP contribution in [-0.2, 0) is 0 Å². The van der Waals surface area contributed by atoms with E-state index in [0.29, 0.717) is 6.04 Å². The minimum Gasteiger partial charge on any atom is -0.331 e. The summed E-state index contributed by atoms with van der Waals surface area (Å²) < 4.78 is 3.23. The molecule has 0 unspecified atom stereocenters. The number of aryl methyl sites for hydroxylation is 1. The smallest absolute Gasteiger partial charge is 0.178 e. The average molecular weight is 232 g/mol. The van der Waals surface area contributed by atoms with Crippen molar-refractivity contribution >= 4 is 23.3 Å². The number of para-hydroxylation sites is 1. The summed E-state index contributed by atoms with van der Waals surface area (Å²) in [5, 5.41) is 0. The second-order valence-electron chi connectivity index (χ2n) is 4.71. The monoisotopic (exact) mass is 232 g/mol. The van der Waals surface area contributed by atoms with Crippen LogP contribution in [0.3, 0.4) is 0 Å². The summed E-state index contributed by atoms with van der Waals surface area (Å²) >= 11 is 5.46. The Bertz CT molecular complexity index is 573. The molecule has 0 radical (unpaired) electrons. The molecule has 1 N–H and O–H groups in total. The van der Waals surface area contributed by atoms with Gasteiger partial charge in [0.05, 0.1) is 11.0 Å². The van der Waals surface area contributed by atoms with Gasteiger partial charge in [0.2, 0.25) is 0 Å². The van der Waals surface area contributed by atoms with Gasteiger partial charge in [0.25, 0.3) is 0 Å². The number of fused-ring (bicyclic) bond motifs is 1. The first-order valence-corrected chi connectivity index (χ1v) is 6.38. The zero-order valence-corrected chi connectivity index (χ0v) is 10.3. The third kappa shape index (κ3) is 1.42. The van der Waals surface area contributed by atoms with Crippen LogP contribution < -0.4 is 0 Å². The molecule has 2 nitrogen and oxygen atoms in total. The van der Waals surface area contributed by atoms with Gasteiger partial charge in [-0.15, -0.1) is 0 Å². The van der Waals surface area contributed by atoms with Crippen molar-refractivity contribution in [2.75, 3.05) is 0 Å². The molecule has 1 fully saturated rings. The molecule has 1 aliphatic rings. The van der Waals surface area contributed by atoms with E-state index in [1.165, 1.54) is 42.3 Å². The van der Waals surface area contributed by atoms with Crippen LogP contribution in [0.5, 0.6) is 0 Å². The van der Waals surface area contributed by atoms with Crippen molar-refractivity contribution in [1.82, 2.24) is 9.55 Å². The summed E-state index contributed by atoms with van der Waals surface area (Å²) in [6.07, 6.45) is 5.22. The van der Waals surface area contributed by atoms with Crippen LogP contribution >= 0.6 is 12.2 Å². The van der Waals surface area contributed by atoms with Crippen LogP contribution in [0.1, 0.15) is 37.3 Å². The minimum absolute atomic E-state index is 0.613. The predicted molar refractivity (Wildman–Crippen MR) is 69.4 cm³/mol. The van der Waals surface area contributed by atoms with Crippen LogP contribution in [0.25, 0.3) is 11.0 Å². The third-order valence-corrected chi connectivity index (χ3v) is 3.93. The Kier molecular flexibility index (Phi) is 2.36. The normalized spacial score (nSPS) is 17.3. The number of H-pyrrole nitrogens is 1. The highest BCUT2D eigenvalue weighted by Crippen LogP contribution is 2.33. The highest BCUT2D eigenvalue weighted by atomic mass is 32.1. The molecule has 1 aliphatic carbocycles. The van der Waals surface area contributed by atoms with Gasteiger partial charge in [-0.3, -0.25) is 0 Å². The molecule has 0 saturated heterocycles. The number of imidazole rings is 1. The highest BCUT2D eigenvalue weighted by Gasteiger charge is 2.20. The molecule has 1 aromatic carbocycles. The van der Waals surface area contributed by atoms with E-state index in [1.54, 1.807) is 0 Å². The fourth-order valence-electron chi connectivity index (χ4n) is 2.87. The zero-order valence-electron chi connectivity index (χ0n) is 9.49. The molecule has 1 saturated carbocycles. The summed E-state index contributed by atoms with van der Waals surface area (Å²) in [6, 6.07) is 6.98. The maximum absolute atomic E-state index is 5.46. The summed E-state index contributed by atoms with van der Waals surface area (Å²) in [6.45, 7) is 2.16. The van der Waals surface area contributed by atoms with Gasteiger partial charge in [0.1, 0.15) is 0 Å². The molecule has 1 aromatic heterocycles.